The van der Waals surface area contributed by atoms with Gasteiger partial charge in [0.05, 0.1) is 0 Å². The van der Waals surface area contributed by atoms with Gasteiger partial charge < -0.3 is 0 Å². The third-order valence-corrected chi connectivity index (χ3v) is 3.26. The number of likely N-dealkylation sites (tertiary alicyclic amines) is 1. The largest absolute Gasteiger partial charge is 0.292 e. The summed E-state index contributed by atoms with van der Waals surface area (Å²) in [5, 5.41) is 7.56. The lowest BCUT2D eigenvalue weighted by atomic mass is 9.90. The third-order valence-electron chi connectivity index (χ3n) is 3.26. The zero-order chi connectivity index (χ0) is 12.9. The fourth-order valence-electron chi connectivity index (χ4n) is 2.43. The molecule has 0 aliphatic carbocycles. The van der Waals surface area contributed by atoms with Crippen molar-refractivity contribution in [1.82, 2.24) is 4.90 Å². The molecule has 1 rings (SSSR count). The molecule has 0 radical (unpaired) electrons. The fraction of sp³-hybridized carbons (Fsp3) is 0.714. The Hall–Kier alpha value is -0.960. The lowest BCUT2D eigenvalue weighted by Gasteiger charge is -2.45. The molecule has 17 heavy (non-hydrogen) atoms. The Labute approximate surface area is 105 Å². The van der Waals surface area contributed by atoms with Crippen molar-refractivity contribution in [2.45, 2.75) is 51.6 Å². The van der Waals surface area contributed by atoms with E-state index in [1.54, 1.807) is 13.2 Å². The molecular formula is C14H25N3. The van der Waals surface area contributed by atoms with Crippen LogP contribution in [0, 0.1) is 0 Å². The molecule has 0 aromatic carbocycles. The molecule has 96 valence electrons. The number of nitrogens with zero attached hydrogens (tertiary/aromatic N) is 3. The van der Waals surface area contributed by atoms with Crippen LogP contribution >= 0.6 is 0 Å². The lowest BCUT2D eigenvalue weighted by Crippen LogP contribution is -2.51. The van der Waals surface area contributed by atoms with Crippen molar-refractivity contribution in [3.05, 3.63) is 24.4 Å². The highest BCUT2D eigenvalue weighted by Crippen LogP contribution is 2.29. The molecular weight excluding hydrogens is 210 g/mol. The van der Waals surface area contributed by atoms with Crippen LogP contribution in [-0.4, -0.2) is 30.1 Å². The van der Waals surface area contributed by atoms with Gasteiger partial charge in [0.1, 0.15) is 0 Å². The molecule has 0 aromatic rings. The number of azo groups is 1. The van der Waals surface area contributed by atoms with Gasteiger partial charge in [-0.1, -0.05) is 13.0 Å². The Bertz CT molecular complexity index is 310. The highest BCUT2D eigenvalue weighted by atomic mass is 15.2. The summed E-state index contributed by atoms with van der Waals surface area (Å²) in [5.41, 5.74) is 1.35. The van der Waals surface area contributed by atoms with E-state index in [1.165, 1.54) is 19.3 Å². The minimum absolute atomic E-state index is 0.203. The molecule has 0 N–H and O–H groups in total. The first-order chi connectivity index (χ1) is 7.96. The lowest BCUT2D eigenvalue weighted by molar-refractivity contribution is 0.0709. The molecule has 1 aliphatic heterocycles. The van der Waals surface area contributed by atoms with E-state index in [4.69, 9.17) is 0 Å². The SMILES string of the molecule is C=C(/C=C\N=N/C)[C@H]1CCCCN1C(C)(C)C. The summed E-state index contributed by atoms with van der Waals surface area (Å²) in [6, 6.07) is 0.451. The average molecular weight is 235 g/mol. The molecule has 0 saturated carbocycles. The summed E-state index contributed by atoms with van der Waals surface area (Å²) >= 11 is 0. The first kappa shape index (κ1) is 14.1. The van der Waals surface area contributed by atoms with E-state index in [0.29, 0.717) is 6.04 Å². The Kier molecular flexibility index (Phi) is 5.06. The molecule has 1 heterocycles. The summed E-state index contributed by atoms with van der Waals surface area (Å²) in [6.07, 6.45) is 7.50. The minimum Gasteiger partial charge on any atom is -0.292 e. The van der Waals surface area contributed by atoms with Crippen LogP contribution in [0.15, 0.2) is 34.7 Å². The van der Waals surface area contributed by atoms with Crippen molar-refractivity contribution in [3.63, 3.8) is 0 Å². The molecule has 1 atom stereocenters. The number of hydrogen-bond donors (Lipinski definition) is 0. The molecule has 0 spiro atoms. The number of hydrogen-bond acceptors (Lipinski definition) is 3. The van der Waals surface area contributed by atoms with Gasteiger partial charge in [-0.15, -0.1) is 0 Å². The van der Waals surface area contributed by atoms with Gasteiger partial charge in [-0.3, -0.25) is 4.90 Å². The zero-order valence-electron chi connectivity index (χ0n) is 11.6. The van der Waals surface area contributed by atoms with Crippen LogP contribution in [0.3, 0.4) is 0 Å². The summed E-state index contributed by atoms with van der Waals surface area (Å²) in [6.45, 7) is 12.2. The van der Waals surface area contributed by atoms with Gasteiger partial charge in [0.15, 0.2) is 0 Å². The van der Waals surface area contributed by atoms with Crippen LogP contribution in [-0.2, 0) is 0 Å². The Morgan fingerprint density at radius 1 is 1.35 bits per heavy atom. The zero-order valence-corrected chi connectivity index (χ0v) is 11.6. The van der Waals surface area contributed by atoms with Gasteiger partial charge in [0.2, 0.25) is 0 Å². The molecule has 0 aromatic heterocycles. The van der Waals surface area contributed by atoms with E-state index < -0.39 is 0 Å². The molecule has 0 amide bonds. The Balaban J connectivity index is 2.74. The van der Waals surface area contributed by atoms with Crippen molar-refractivity contribution in [2.24, 2.45) is 10.2 Å². The average Bonchev–Trinajstić information content (AvgIpc) is 2.28. The van der Waals surface area contributed by atoms with Crippen LogP contribution in [0.4, 0.5) is 0 Å². The summed E-state index contributed by atoms with van der Waals surface area (Å²) in [5.74, 6) is 0. The predicted octanol–water partition coefficient (Wildman–Crippen LogP) is 3.79. The second-order valence-electron chi connectivity index (χ2n) is 5.58. The highest BCUT2D eigenvalue weighted by Gasteiger charge is 2.31. The van der Waals surface area contributed by atoms with E-state index >= 15 is 0 Å². The van der Waals surface area contributed by atoms with Gasteiger partial charge >= 0.3 is 0 Å². The summed E-state index contributed by atoms with van der Waals surface area (Å²) in [4.78, 5) is 2.55. The molecule has 1 saturated heterocycles. The van der Waals surface area contributed by atoms with Gasteiger partial charge in [-0.05, 0) is 51.8 Å². The first-order valence-electron chi connectivity index (χ1n) is 6.38. The molecule has 0 bridgehead atoms. The molecule has 1 fully saturated rings. The molecule has 3 heteroatoms. The van der Waals surface area contributed by atoms with E-state index in [2.05, 4.69) is 42.5 Å². The third kappa shape index (κ3) is 4.08. The van der Waals surface area contributed by atoms with Gasteiger partial charge in [0.25, 0.3) is 0 Å². The normalized spacial score (nSPS) is 23.6. The molecule has 3 nitrogen and oxygen atoms in total. The number of rotatable bonds is 3. The van der Waals surface area contributed by atoms with E-state index in [1.807, 2.05) is 6.08 Å². The monoisotopic (exact) mass is 235 g/mol. The quantitative estimate of drug-likeness (QED) is 0.540. The van der Waals surface area contributed by atoms with E-state index in [9.17, 15) is 0 Å². The predicted molar refractivity (Wildman–Crippen MR) is 73.2 cm³/mol. The van der Waals surface area contributed by atoms with Gasteiger partial charge in [-0.25, -0.2) is 0 Å². The van der Waals surface area contributed by atoms with Crippen LogP contribution in [0.2, 0.25) is 0 Å². The molecule has 0 unspecified atom stereocenters. The first-order valence-corrected chi connectivity index (χ1v) is 6.38. The van der Waals surface area contributed by atoms with Crippen LogP contribution in [0.1, 0.15) is 40.0 Å². The Morgan fingerprint density at radius 2 is 2.06 bits per heavy atom. The van der Waals surface area contributed by atoms with Crippen LogP contribution < -0.4 is 0 Å². The van der Waals surface area contributed by atoms with Gasteiger partial charge in [0, 0.05) is 24.8 Å². The molecule has 1 aliphatic rings. The highest BCUT2D eigenvalue weighted by molar-refractivity contribution is 5.22. The maximum atomic E-state index is 4.18. The second kappa shape index (κ2) is 6.10. The number of piperidine rings is 1. The second-order valence-corrected chi connectivity index (χ2v) is 5.58. The van der Waals surface area contributed by atoms with E-state index in [0.717, 1.165) is 12.1 Å². The van der Waals surface area contributed by atoms with Crippen molar-refractivity contribution >= 4 is 0 Å². The standard InChI is InChI=1S/C14H25N3/c1-12(9-10-16-15-5)13-8-6-7-11-17(13)14(2,3)4/h9-10,13H,1,6-8,11H2,2-5H3/b10-9-,16-15-/t13-/m1/s1. The summed E-state index contributed by atoms with van der Waals surface area (Å²) < 4.78 is 0. The van der Waals surface area contributed by atoms with Crippen LogP contribution in [0.25, 0.3) is 0 Å². The van der Waals surface area contributed by atoms with Crippen molar-refractivity contribution in [3.8, 4) is 0 Å². The van der Waals surface area contributed by atoms with Crippen molar-refractivity contribution < 1.29 is 0 Å². The summed E-state index contributed by atoms with van der Waals surface area (Å²) in [7, 11) is 1.68. The topological polar surface area (TPSA) is 28.0 Å². The Morgan fingerprint density at radius 3 is 2.65 bits per heavy atom. The maximum absolute atomic E-state index is 4.18. The fourth-order valence-corrected chi connectivity index (χ4v) is 2.43. The van der Waals surface area contributed by atoms with Crippen LogP contribution in [0.5, 0.6) is 0 Å². The van der Waals surface area contributed by atoms with E-state index in [-0.39, 0.29) is 5.54 Å². The van der Waals surface area contributed by atoms with Crippen molar-refractivity contribution in [2.75, 3.05) is 13.6 Å². The van der Waals surface area contributed by atoms with Crippen molar-refractivity contribution in [1.29, 1.82) is 0 Å². The smallest absolute Gasteiger partial charge is 0.0494 e. The minimum atomic E-state index is 0.203. The van der Waals surface area contributed by atoms with Gasteiger partial charge in [-0.2, -0.15) is 10.2 Å². The maximum Gasteiger partial charge on any atom is 0.0494 e.